The lowest BCUT2D eigenvalue weighted by Gasteiger charge is -2.29. The summed E-state index contributed by atoms with van der Waals surface area (Å²) in [7, 11) is 0. The van der Waals surface area contributed by atoms with Crippen LogP contribution in [0.25, 0.3) is 0 Å². The van der Waals surface area contributed by atoms with Gasteiger partial charge in [-0.2, -0.15) is 0 Å². The predicted molar refractivity (Wildman–Crippen MR) is 106 cm³/mol. The molecule has 0 unspecified atom stereocenters. The van der Waals surface area contributed by atoms with Gasteiger partial charge in [-0.15, -0.1) is 0 Å². The first kappa shape index (κ1) is 17.9. The van der Waals surface area contributed by atoms with E-state index in [1.807, 2.05) is 6.07 Å². The molecule has 1 N–H and O–H groups in total. The maximum atomic E-state index is 12.6. The van der Waals surface area contributed by atoms with E-state index < -0.39 is 0 Å². The summed E-state index contributed by atoms with van der Waals surface area (Å²) >= 11 is 0. The monoisotopic (exact) mass is 380 g/mol. The van der Waals surface area contributed by atoms with Crippen LogP contribution >= 0.6 is 0 Å². The fourth-order valence-corrected chi connectivity index (χ4v) is 4.42. The zero-order valence-electron chi connectivity index (χ0n) is 16.3. The average molecular weight is 380 g/mol. The normalized spacial score (nSPS) is 20.7. The molecule has 6 heteroatoms. The van der Waals surface area contributed by atoms with Gasteiger partial charge in [0, 0.05) is 43.7 Å². The van der Waals surface area contributed by atoms with Crippen molar-refractivity contribution in [1.29, 1.82) is 0 Å². The van der Waals surface area contributed by atoms with Gasteiger partial charge in [0.15, 0.2) is 0 Å². The van der Waals surface area contributed by atoms with Crippen molar-refractivity contribution < 1.29 is 4.74 Å². The Morgan fingerprint density at radius 2 is 2.04 bits per heavy atom. The maximum absolute atomic E-state index is 12.6. The molecule has 3 heterocycles. The summed E-state index contributed by atoms with van der Waals surface area (Å²) in [5, 5.41) is 0. The lowest BCUT2D eigenvalue weighted by molar-refractivity contribution is 0.143. The molecule has 5 rings (SSSR count). The standard InChI is InChI=1S/C22H28N4O2/c27-21-18-14-26(12-10-19(18)24-20(25-21)15-8-9-15)13-16-5-4-11-23-22(16)28-17-6-2-1-3-7-17/h4-5,11,15,17H,1-3,6-10,12-14H2,(H,24,25,27). The third-order valence-electron chi connectivity index (χ3n) is 6.20. The van der Waals surface area contributed by atoms with Crippen LogP contribution in [-0.4, -0.2) is 32.5 Å². The SMILES string of the molecule is O=c1[nH]c(C2CC2)nc2c1CN(Cc1cccnc1OC1CCCCC1)CC2. The van der Waals surface area contributed by atoms with Crippen LogP contribution in [0.5, 0.6) is 5.88 Å². The molecule has 0 amide bonds. The van der Waals surface area contributed by atoms with Gasteiger partial charge in [-0.3, -0.25) is 9.69 Å². The second kappa shape index (κ2) is 7.66. The van der Waals surface area contributed by atoms with E-state index in [0.717, 1.165) is 73.7 Å². The molecular weight excluding hydrogens is 352 g/mol. The van der Waals surface area contributed by atoms with Crippen molar-refractivity contribution in [3.05, 3.63) is 51.3 Å². The zero-order chi connectivity index (χ0) is 18.9. The van der Waals surface area contributed by atoms with Gasteiger partial charge in [0.1, 0.15) is 11.9 Å². The number of ether oxygens (including phenoxy) is 1. The molecule has 2 fully saturated rings. The topological polar surface area (TPSA) is 71.1 Å². The summed E-state index contributed by atoms with van der Waals surface area (Å²) in [5.74, 6) is 2.13. The zero-order valence-corrected chi connectivity index (χ0v) is 16.3. The van der Waals surface area contributed by atoms with E-state index in [9.17, 15) is 4.79 Å². The van der Waals surface area contributed by atoms with Gasteiger partial charge in [0.25, 0.3) is 5.56 Å². The molecule has 0 spiro atoms. The van der Waals surface area contributed by atoms with Crippen LogP contribution in [0.3, 0.4) is 0 Å². The molecule has 0 aromatic carbocycles. The summed E-state index contributed by atoms with van der Waals surface area (Å²) in [6, 6.07) is 4.07. The van der Waals surface area contributed by atoms with E-state index in [2.05, 4.69) is 20.9 Å². The molecular formula is C22H28N4O2. The Bertz CT molecular complexity index is 900. The number of pyridine rings is 1. The molecule has 0 saturated heterocycles. The first-order valence-electron chi connectivity index (χ1n) is 10.7. The van der Waals surface area contributed by atoms with Crippen molar-refractivity contribution >= 4 is 0 Å². The van der Waals surface area contributed by atoms with Crippen LogP contribution in [0, 0.1) is 0 Å². The lowest BCUT2D eigenvalue weighted by Crippen LogP contribution is -2.36. The summed E-state index contributed by atoms with van der Waals surface area (Å²) in [6.07, 6.45) is 11.3. The van der Waals surface area contributed by atoms with E-state index >= 15 is 0 Å². The van der Waals surface area contributed by atoms with E-state index in [-0.39, 0.29) is 11.7 Å². The molecule has 0 bridgehead atoms. The molecule has 2 aromatic heterocycles. The van der Waals surface area contributed by atoms with Crippen LogP contribution in [-0.2, 0) is 19.5 Å². The highest BCUT2D eigenvalue weighted by molar-refractivity contribution is 5.27. The van der Waals surface area contributed by atoms with Gasteiger partial charge >= 0.3 is 0 Å². The Morgan fingerprint density at radius 1 is 1.18 bits per heavy atom. The van der Waals surface area contributed by atoms with E-state index in [0.29, 0.717) is 12.5 Å². The Labute approximate surface area is 165 Å². The van der Waals surface area contributed by atoms with Gasteiger partial charge in [-0.1, -0.05) is 12.5 Å². The molecule has 2 saturated carbocycles. The minimum atomic E-state index is 0.0430. The van der Waals surface area contributed by atoms with Crippen LogP contribution in [0.2, 0.25) is 0 Å². The summed E-state index contributed by atoms with van der Waals surface area (Å²) < 4.78 is 6.25. The number of nitrogens with zero attached hydrogens (tertiary/aromatic N) is 3. The van der Waals surface area contributed by atoms with E-state index in [1.54, 1.807) is 6.20 Å². The van der Waals surface area contributed by atoms with Crippen molar-refractivity contribution in [3.63, 3.8) is 0 Å². The largest absolute Gasteiger partial charge is 0.474 e. The predicted octanol–water partition coefficient (Wildman–Crippen LogP) is 3.31. The number of fused-ring (bicyclic) bond motifs is 1. The Kier molecular flexibility index (Phi) is 4.89. The number of aromatic amines is 1. The first-order valence-corrected chi connectivity index (χ1v) is 10.7. The van der Waals surface area contributed by atoms with Crippen LogP contribution in [0.15, 0.2) is 23.1 Å². The lowest BCUT2D eigenvalue weighted by atomic mass is 9.98. The van der Waals surface area contributed by atoms with Gasteiger partial charge in [0.2, 0.25) is 5.88 Å². The molecule has 0 radical (unpaired) electrons. The van der Waals surface area contributed by atoms with Crippen LogP contribution < -0.4 is 10.3 Å². The smallest absolute Gasteiger partial charge is 0.255 e. The molecule has 2 aromatic rings. The average Bonchev–Trinajstić information content (AvgIpc) is 3.56. The number of hydrogen-bond acceptors (Lipinski definition) is 5. The molecule has 1 aliphatic heterocycles. The van der Waals surface area contributed by atoms with Crippen molar-refractivity contribution in [2.75, 3.05) is 6.54 Å². The number of nitrogens with one attached hydrogen (secondary N) is 1. The summed E-state index contributed by atoms with van der Waals surface area (Å²) in [4.78, 5) is 27.2. The van der Waals surface area contributed by atoms with Crippen LogP contribution in [0.4, 0.5) is 0 Å². The third kappa shape index (κ3) is 3.83. The number of H-pyrrole nitrogens is 1. The van der Waals surface area contributed by atoms with Gasteiger partial charge < -0.3 is 9.72 Å². The van der Waals surface area contributed by atoms with Gasteiger partial charge in [-0.05, 0) is 44.6 Å². The Hall–Kier alpha value is -2.21. The van der Waals surface area contributed by atoms with Crippen LogP contribution in [0.1, 0.15) is 73.5 Å². The quantitative estimate of drug-likeness (QED) is 0.862. The van der Waals surface area contributed by atoms with E-state index in [4.69, 9.17) is 9.72 Å². The van der Waals surface area contributed by atoms with Crippen molar-refractivity contribution in [2.24, 2.45) is 0 Å². The number of rotatable bonds is 5. The molecule has 3 aliphatic rings. The van der Waals surface area contributed by atoms with Crippen molar-refractivity contribution in [2.45, 2.75) is 76.5 Å². The highest BCUT2D eigenvalue weighted by Gasteiger charge is 2.29. The minimum absolute atomic E-state index is 0.0430. The second-order valence-electron chi connectivity index (χ2n) is 8.46. The molecule has 28 heavy (non-hydrogen) atoms. The second-order valence-corrected chi connectivity index (χ2v) is 8.46. The fourth-order valence-electron chi connectivity index (χ4n) is 4.42. The highest BCUT2D eigenvalue weighted by Crippen LogP contribution is 2.38. The first-order chi connectivity index (χ1) is 13.8. The number of hydrogen-bond donors (Lipinski definition) is 1. The molecule has 148 valence electrons. The van der Waals surface area contributed by atoms with E-state index in [1.165, 1.54) is 19.3 Å². The third-order valence-corrected chi connectivity index (χ3v) is 6.20. The highest BCUT2D eigenvalue weighted by atomic mass is 16.5. The fraction of sp³-hybridized carbons (Fsp3) is 0.591. The number of aromatic nitrogens is 3. The van der Waals surface area contributed by atoms with Crippen molar-refractivity contribution in [3.8, 4) is 5.88 Å². The maximum Gasteiger partial charge on any atom is 0.255 e. The Morgan fingerprint density at radius 3 is 2.86 bits per heavy atom. The Balaban J connectivity index is 1.30. The minimum Gasteiger partial charge on any atom is -0.474 e. The van der Waals surface area contributed by atoms with Gasteiger partial charge in [0.05, 0.1) is 11.3 Å². The van der Waals surface area contributed by atoms with Gasteiger partial charge in [-0.25, -0.2) is 9.97 Å². The van der Waals surface area contributed by atoms with Crippen molar-refractivity contribution in [1.82, 2.24) is 19.9 Å². The summed E-state index contributed by atoms with van der Waals surface area (Å²) in [6.45, 7) is 2.30. The molecule has 2 aliphatic carbocycles. The summed E-state index contributed by atoms with van der Waals surface area (Å²) in [5.41, 5.74) is 2.97. The molecule has 6 nitrogen and oxygen atoms in total. The molecule has 0 atom stereocenters.